The van der Waals surface area contributed by atoms with Crippen LogP contribution in [0.2, 0.25) is 0 Å². The van der Waals surface area contributed by atoms with Crippen molar-refractivity contribution < 1.29 is 43.1 Å². The molecule has 1 heterocycles. The van der Waals surface area contributed by atoms with Gasteiger partial charge in [-0.1, -0.05) is 143 Å². The van der Waals surface area contributed by atoms with Gasteiger partial charge in [0.2, 0.25) is 23.5 Å². The lowest BCUT2D eigenvalue weighted by Gasteiger charge is -2.36. The first-order valence-corrected chi connectivity index (χ1v) is 24.3. The number of benzene rings is 3. The number of carbonyl (C=O) groups is 8. The van der Waals surface area contributed by atoms with Gasteiger partial charge >= 0.3 is 0 Å². The van der Waals surface area contributed by atoms with Crippen LogP contribution in [0, 0.1) is 29.6 Å². The predicted octanol–water partition coefficient (Wildman–Crippen LogP) is 8.04. The van der Waals surface area contributed by atoms with E-state index in [1.807, 2.05) is 55.5 Å². The minimum absolute atomic E-state index is 0.00902. The molecule has 7 atom stereocenters. The molecule has 3 N–H and O–H groups in total. The van der Waals surface area contributed by atoms with E-state index in [0.29, 0.717) is 36.8 Å². The first-order chi connectivity index (χ1) is 31.9. The second-order valence-corrected chi connectivity index (χ2v) is 18.7. The molecule has 0 aromatic heterocycles. The van der Waals surface area contributed by atoms with E-state index in [0.717, 1.165) is 50.5 Å². The molecule has 0 radical (unpaired) electrons. The quantitative estimate of drug-likeness (QED) is 0.0663. The first kappa shape index (κ1) is 49.8. The summed E-state index contributed by atoms with van der Waals surface area (Å²) in [6.07, 6.45) is 7.57. The fourth-order valence-corrected chi connectivity index (χ4v) is 10.4. The Hall–Kier alpha value is -5.62. The van der Waals surface area contributed by atoms with Crippen molar-refractivity contribution >= 4 is 46.6 Å². The summed E-state index contributed by atoms with van der Waals surface area (Å²) in [5.74, 6) is -6.33. The van der Waals surface area contributed by atoms with Gasteiger partial charge in [0, 0.05) is 67.9 Å². The standard InChI is InChI=1S/C54H67N3O9/c1-2-3-20-40(52(63)46(58)29-30-49(61)56-50(53(55)64)38-23-12-6-13-24-38)31-48(60)45-32-41(66-35-36-18-8-4-9-19-36)34-57(45)54(65)44(37-21-10-5-11-22-37)33-47(59)42-27-16-17-28-43(42)51(62)39-25-14-7-15-26-39/h4,6-9,12-15,18-19,23-26,37,40-45,50H,2-3,5,10-11,16-17,20-22,27-35H2,1H3,(H2,55,64)(H,56,61)/t40?,41-,42-,43+,44?,45+,50?/m1/s1. The van der Waals surface area contributed by atoms with Gasteiger partial charge in [0.1, 0.15) is 11.8 Å². The second kappa shape index (κ2) is 24.8. The molecule has 12 nitrogen and oxygen atoms in total. The van der Waals surface area contributed by atoms with E-state index in [2.05, 4.69) is 5.32 Å². The van der Waals surface area contributed by atoms with Crippen molar-refractivity contribution in [3.63, 3.8) is 0 Å². The molecule has 3 amide bonds. The van der Waals surface area contributed by atoms with Crippen molar-refractivity contribution in [2.24, 2.45) is 35.3 Å². The van der Waals surface area contributed by atoms with Crippen molar-refractivity contribution in [3.8, 4) is 0 Å². The second-order valence-electron chi connectivity index (χ2n) is 18.7. The van der Waals surface area contributed by atoms with Gasteiger partial charge in [-0.3, -0.25) is 38.4 Å². The fraction of sp³-hybridized carbons (Fsp3) is 0.519. The Bertz CT molecular complexity index is 2140. The number of hydrogen-bond acceptors (Lipinski definition) is 9. The van der Waals surface area contributed by atoms with E-state index in [1.165, 1.54) is 0 Å². The molecule has 3 aliphatic rings. The van der Waals surface area contributed by atoms with Crippen molar-refractivity contribution in [3.05, 3.63) is 108 Å². The molecule has 1 aliphatic heterocycles. The summed E-state index contributed by atoms with van der Waals surface area (Å²) in [5.41, 5.74) is 7.56. The molecule has 0 spiro atoms. The third kappa shape index (κ3) is 13.5. The van der Waals surface area contributed by atoms with Crippen LogP contribution in [-0.4, -0.2) is 70.2 Å². The lowest BCUT2D eigenvalue weighted by atomic mass is 9.70. The topological polar surface area (TPSA) is 187 Å². The highest BCUT2D eigenvalue weighted by Crippen LogP contribution is 2.40. The van der Waals surface area contributed by atoms with E-state index >= 15 is 4.79 Å². The smallest absolute Gasteiger partial charge is 0.244 e. The number of hydrogen-bond donors (Lipinski definition) is 2. The van der Waals surface area contributed by atoms with Crippen LogP contribution in [0.25, 0.3) is 0 Å². The Morgan fingerprint density at radius 2 is 1.35 bits per heavy atom. The summed E-state index contributed by atoms with van der Waals surface area (Å²) in [6, 6.07) is 25.1. The number of primary amides is 1. The zero-order valence-corrected chi connectivity index (χ0v) is 38.4. The van der Waals surface area contributed by atoms with Crippen LogP contribution in [-0.2, 0) is 44.9 Å². The number of nitrogens with one attached hydrogen (secondary N) is 1. The number of likely N-dealkylation sites (tertiary alicyclic amines) is 1. The summed E-state index contributed by atoms with van der Waals surface area (Å²) in [5, 5.41) is 2.56. The number of ketones is 5. The molecule has 12 heteroatoms. The third-order valence-electron chi connectivity index (χ3n) is 14.1. The zero-order valence-electron chi connectivity index (χ0n) is 38.4. The van der Waals surface area contributed by atoms with Gasteiger partial charge < -0.3 is 20.7 Å². The van der Waals surface area contributed by atoms with Gasteiger partial charge in [0.15, 0.2) is 17.3 Å². The lowest BCUT2D eigenvalue weighted by Crippen LogP contribution is -2.47. The summed E-state index contributed by atoms with van der Waals surface area (Å²) in [7, 11) is 0. The van der Waals surface area contributed by atoms with Gasteiger partial charge in [-0.05, 0) is 49.1 Å². The van der Waals surface area contributed by atoms with Crippen molar-refractivity contribution in [1.29, 1.82) is 0 Å². The number of rotatable bonds is 24. The Morgan fingerprint density at radius 3 is 2.00 bits per heavy atom. The number of Topliss-reactive ketones (excluding diaryl/α,β-unsaturated/α-hetero) is 5. The monoisotopic (exact) mass is 901 g/mol. The molecule has 3 unspecified atom stereocenters. The van der Waals surface area contributed by atoms with Crippen LogP contribution in [0.4, 0.5) is 0 Å². The van der Waals surface area contributed by atoms with E-state index in [-0.39, 0.29) is 74.4 Å². The van der Waals surface area contributed by atoms with Gasteiger partial charge in [-0.15, -0.1) is 0 Å². The molecule has 3 aromatic carbocycles. The molecule has 3 fully saturated rings. The van der Waals surface area contributed by atoms with Gasteiger partial charge in [0.05, 0.1) is 18.8 Å². The van der Waals surface area contributed by atoms with Gasteiger partial charge in [-0.25, -0.2) is 0 Å². The maximum absolute atomic E-state index is 15.2. The van der Waals surface area contributed by atoms with Crippen molar-refractivity contribution in [1.82, 2.24) is 10.2 Å². The normalized spacial score (nSPS) is 21.3. The molecule has 3 aromatic rings. The Balaban J connectivity index is 1.19. The average molecular weight is 902 g/mol. The summed E-state index contributed by atoms with van der Waals surface area (Å²) in [4.78, 5) is 112. The number of nitrogens with two attached hydrogens (primary N) is 1. The molecule has 2 aliphatic carbocycles. The molecule has 352 valence electrons. The number of carbonyl (C=O) groups excluding carboxylic acids is 8. The largest absolute Gasteiger partial charge is 0.372 e. The molecule has 2 saturated carbocycles. The summed E-state index contributed by atoms with van der Waals surface area (Å²) >= 11 is 0. The van der Waals surface area contributed by atoms with Crippen LogP contribution in [0.3, 0.4) is 0 Å². The number of ether oxygens (including phenoxy) is 1. The van der Waals surface area contributed by atoms with E-state index in [1.54, 1.807) is 47.4 Å². The molecular weight excluding hydrogens is 835 g/mol. The predicted molar refractivity (Wildman–Crippen MR) is 249 cm³/mol. The number of amides is 3. The molecule has 1 saturated heterocycles. The van der Waals surface area contributed by atoms with Crippen LogP contribution >= 0.6 is 0 Å². The lowest BCUT2D eigenvalue weighted by molar-refractivity contribution is -0.146. The van der Waals surface area contributed by atoms with E-state index < -0.39 is 71.7 Å². The highest BCUT2D eigenvalue weighted by atomic mass is 16.5. The van der Waals surface area contributed by atoms with E-state index in [4.69, 9.17) is 10.5 Å². The molecule has 66 heavy (non-hydrogen) atoms. The zero-order chi connectivity index (χ0) is 47.0. The van der Waals surface area contributed by atoms with Crippen LogP contribution < -0.4 is 11.1 Å². The van der Waals surface area contributed by atoms with Crippen molar-refractivity contribution in [2.45, 2.75) is 141 Å². The van der Waals surface area contributed by atoms with Crippen molar-refractivity contribution in [2.75, 3.05) is 6.54 Å². The fourth-order valence-electron chi connectivity index (χ4n) is 10.4. The summed E-state index contributed by atoms with van der Waals surface area (Å²) < 4.78 is 6.38. The molecular formula is C54H67N3O9. The Kier molecular flexibility index (Phi) is 18.7. The minimum atomic E-state index is -1.11. The Labute approximate surface area is 389 Å². The number of unbranched alkanes of at least 4 members (excludes halogenated alkanes) is 1. The van der Waals surface area contributed by atoms with E-state index in [9.17, 15) is 33.6 Å². The van der Waals surface area contributed by atoms with Gasteiger partial charge in [0.25, 0.3) is 0 Å². The highest BCUT2D eigenvalue weighted by molar-refractivity contribution is 6.38. The maximum atomic E-state index is 15.2. The average Bonchev–Trinajstić information content (AvgIpc) is 3.79. The third-order valence-corrected chi connectivity index (χ3v) is 14.1. The first-order valence-electron chi connectivity index (χ1n) is 24.3. The Morgan fingerprint density at radius 1 is 0.727 bits per heavy atom. The molecule has 0 bridgehead atoms. The van der Waals surface area contributed by atoms with Crippen LogP contribution in [0.15, 0.2) is 91.0 Å². The SMILES string of the molecule is CCCCC(CC(=O)[C@@H]1C[C@@H](OCc2ccccc2)CN1C(=O)C(CC(=O)[C@@H]1CCCC[C@@H]1C(=O)c1ccccc1)C1CCCCC1)C(=O)C(=O)CCC(=O)NC(C(N)=O)c1ccccc1. The minimum Gasteiger partial charge on any atom is -0.372 e. The van der Waals surface area contributed by atoms with Crippen LogP contribution in [0.5, 0.6) is 0 Å². The molecule has 6 rings (SSSR count). The number of nitrogens with zero attached hydrogens (tertiary/aromatic N) is 1. The maximum Gasteiger partial charge on any atom is 0.244 e. The van der Waals surface area contributed by atoms with Crippen LogP contribution in [0.1, 0.15) is 144 Å². The summed E-state index contributed by atoms with van der Waals surface area (Å²) in [6.45, 7) is 2.35. The highest BCUT2D eigenvalue weighted by Gasteiger charge is 2.46. The van der Waals surface area contributed by atoms with Gasteiger partial charge in [-0.2, -0.15) is 0 Å².